The molecule has 1 aliphatic heterocycles. The molecule has 1 aromatic heterocycles. The fourth-order valence-electron chi connectivity index (χ4n) is 2.09. The summed E-state index contributed by atoms with van der Waals surface area (Å²) in [6, 6.07) is 3.58. The van der Waals surface area contributed by atoms with Gasteiger partial charge in [0.05, 0.1) is 12.0 Å². The largest absolute Gasteiger partial charge is 0.481 e. The molecular weight excluding hydrogens is 220 g/mol. The molecule has 5 nitrogen and oxygen atoms in total. The predicted molar refractivity (Wildman–Crippen MR) is 60.1 cm³/mol. The summed E-state index contributed by atoms with van der Waals surface area (Å²) in [5.41, 5.74) is 0.972. The number of aliphatic carboxylic acids is 1. The number of aromatic nitrogens is 1. The van der Waals surface area contributed by atoms with E-state index in [0.29, 0.717) is 0 Å². The molecule has 1 N–H and O–H groups in total. The number of carboxylic acid groups (broad SMARTS) is 1. The van der Waals surface area contributed by atoms with Crippen LogP contribution >= 0.6 is 0 Å². The van der Waals surface area contributed by atoms with Gasteiger partial charge in [0.1, 0.15) is 0 Å². The molecule has 0 saturated carbocycles. The van der Waals surface area contributed by atoms with E-state index in [1.165, 1.54) is 0 Å². The van der Waals surface area contributed by atoms with Gasteiger partial charge >= 0.3 is 5.97 Å². The molecule has 2 rings (SSSR count). The molecule has 90 valence electrons. The van der Waals surface area contributed by atoms with Gasteiger partial charge in [-0.25, -0.2) is 0 Å². The fraction of sp³-hybridized carbons (Fsp3) is 0.417. The number of hydrogen-bond acceptors (Lipinski definition) is 3. The molecule has 1 fully saturated rings. The number of carbonyl (C=O) groups excluding carboxylic acids is 1. The smallest absolute Gasteiger partial charge is 0.308 e. The molecule has 1 aromatic rings. The summed E-state index contributed by atoms with van der Waals surface area (Å²) in [5.74, 6) is -1.57. The highest BCUT2D eigenvalue weighted by Crippen LogP contribution is 2.28. The van der Waals surface area contributed by atoms with Crippen LogP contribution in [0.15, 0.2) is 24.5 Å². The second-order valence-corrected chi connectivity index (χ2v) is 4.24. The van der Waals surface area contributed by atoms with E-state index in [2.05, 4.69) is 4.98 Å². The lowest BCUT2D eigenvalue weighted by atomic mass is 10.1. The van der Waals surface area contributed by atoms with E-state index < -0.39 is 11.9 Å². The van der Waals surface area contributed by atoms with Gasteiger partial charge in [-0.2, -0.15) is 0 Å². The molecule has 1 amide bonds. The van der Waals surface area contributed by atoms with Crippen molar-refractivity contribution in [1.29, 1.82) is 0 Å². The highest BCUT2D eigenvalue weighted by atomic mass is 16.4. The summed E-state index contributed by atoms with van der Waals surface area (Å²) in [6.45, 7) is 2.19. The van der Waals surface area contributed by atoms with Crippen LogP contribution in [0.4, 0.5) is 0 Å². The predicted octanol–water partition coefficient (Wildman–Crippen LogP) is 1.08. The normalized spacial score (nSPS) is 21.6. The molecule has 2 unspecified atom stereocenters. The number of rotatable bonds is 3. The van der Waals surface area contributed by atoms with Crippen LogP contribution in [-0.4, -0.2) is 33.4 Å². The zero-order chi connectivity index (χ0) is 12.4. The number of likely N-dealkylation sites (tertiary alicyclic amines) is 1. The Morgan fingerprint density at radius 3 is 2.71 bits per heavy atom. The lowest BCUT2D eigenvalue weighted by Crippen LogP contribution is -2.29. The van der Waals surface area contributed by atoms with Crippen molar-refractivity contribution in [2.75, 3.05) is 6.54 Å². The summed E-state index contributed by atoms with van der Waals surface area (Å²) in [7, 11) is 0. The Bertz CT molecular complexity index is 433. The fourth-order valence-corrected chi connectivity index (χ4v) is 2.09. The molecular formula is C12H14N2O3. The second-order valence-electron chi connectivity index (χ2n) is 4.24. The maximum absolute atomic E-state index is 11.8. The number of amides is 1. The van der Waals surface area contributed by atoms with Crippen molar-refractivity contribution < 1.29 is 14.7 Å². The van der Waals surface area contributed by atoms with Gasteiger partial charge in [-0.15, -0.1) is 0 Å². The first-order valence-corrected chi connectivity index (χ1v) is 5.52. The molecule has 0 spiro atoms. The monoisotopic (exact) mass is 234 g/mol. The molecule has 0 bridgehead atoms. The minimum Gasteiger partial charge on any atom is -0.481 e. The van der Waals surface area contributed by atoms with Gasteiger partial charge in [0.25, 0.3) is 0 Å². The summed E-state index contributed by atoms with van der Waals surface area (Å²) in [5, 5.41) is 8.91. The summed E-state index contributed by atoms with van der Waals surface area (Å²) >= 11 is 0. The van der Waals surface area contributed by atoms with Gasteiger partial charge in [-0.3, -0.25) is 14.6 Å². The number of pyridine rings is 1. The molecule has 2 heterocycles. The van der Waals surface area contributed by atoms with Gasteiger partial charge in [-0.05, 0) is 24.6 Å². The molecule has 0 aromatic carbocycles. The van der Waals surface area contributed by atoms with Crippen LogP contribution < -0.4 is 0 Å². The summed E-state index contributed by atoms with van der Waals surface area (Å²) in [4.78, 5) is 28.2. The summed E-state index contributed by atoms with van der Waals surface area (Å²) in [6.07, 6.45) is 3.44. The van der Waals surface area contributed by atoms with Crippen LogP contribution in [0.1, 0.15) is 24.9 Å². The molecule has 1 saturated heterocycles. The van der Waals surface area contributed by atoms with Crippen LogP contribution in [0.2, 0.25) is 0 Å². The maximum atomic E-state index is 11.8. The zero-order valence-electron chi connectivity index (χ0n) is 9.54. The lowest BCUT2D eigenvalue weighted by molar-refractivity contribution is -0.141. The number of nitrogens with zero attached hydrogens (tertiary/aromatic N) is 2. The van der Waals surface area contributed by atoms with Gasteiger partial charge in [0.2, 0.25) is 5.91 Å². The first-order chi connectivity index (χ1) is 8.09. The van der Waals surface area contributed by atoms with Crippen LogP contribution in [0, 0.1) is 5.92 Å². The topological polar surface area (TPSA) is 70.5 Å². The Morgan fingerprint density at radius 1 is 1.53 bits per heavy atom. The lowest BCUT2D eigenvalue weighted by Gasteiger charge is -2.24. The van der Waals surface area contributed by atoms with Crippen LogP contribution in [0.3, 0.4) is 0 Å². The van der Waals surface area contributed by atoms with E-state index in [9.17, 15) is 9.59 Å². The minimum atomic E-state index is -0.900. The number of hydrogen-bond donors (Lipinski definition) is 1. The van der Waals surface area contributed by atoms with Crippen molar-refractivity contribution in [2.24, 2.45) is 5.92 Å². The van der Waals surface area contributed by atoms with Crippen LogP contribution in [0.25, 0.3) is 0 Å². The minimum absolute atomic E-state index is 0.0956. The van der Waals surface area contributed by atoms with Gasteiger partial charge in [0, 0.05) is 25.4 Å². The second kappa shape index (κ2) is 4.53. The van der Waals surface area contributed by atoms with Crippen molar-refractivity contribution >= 4 is 11.9 Å². The number of carboxylic acids is 1. The quantitative estimate of drug-likeness (QED) is 0.849. The third kappa shape index (κ3) is 2.27. The first kappa shape index (κ1) is 11.6. The van der Waals surface area contributed by atoms with Crippen molar-refractivity contribution in [3.05, 3.63) is 30.1 Å². The third-order valence-electron chi connectivity index (χ3n) is 3.16. The molecule has 5 heteroatoms. The van der Waals surface area contributed by atoms with Crippen molar-refractivity contribution in [1.82, 2.24) is 9.88 Å². The van der Waals surface area contributed by atoms with E-state index in [1.807, 2.05) is 19.1 Å². The molecule has 1 aliphatic rings. The Morgan fingerprint density at radius 2 is 2.18 bits per heavy atom. The van der Waals surface area contributed by atoms with Crippen molar-refractivity contribution in [2.45, 2.75) is 19.4 Å². The standard InChI is InChI=1S/C12H14N2O3/c1-8(9-2-4-13-5-3-9)14-7-10(12(16)17)6-11(14)15/h2-5,8,10H,6-7H2,1H3,(H,16,17). The molecule has 0 aliphatic carbocycles. The zero-order valence-corrected chi connectivity index (χ0v) is 9.54. The Labute approximate surface area is 99.1 Å². The molecule has 2 atom stereocenters. The highest BCUT2D eigenvalue weighted by Gasteiger charge is 2.36. The van der Waals surface area contributed by atoms with Crippen molar-refractivity contribution in [3.63, 3.8) is 0 Å². The Hall–Kier alpha value is -1.91. The van der Waals surface area contributed by atoms with Gasteiger partial charge < -0.3 is 10.0 Å². The van der Waals surface area contributed by atoms with Gasteiger partial charge in [0.15, 0.2) is 0 Å². The van der Waals surface area contributed by atoms with Crippen molar-refractivity contribution in [3.8, 4) is 0 Å². The third-order valence-corrected chi connectivity index (χ3v) is 3.16. The molecule has 0 radical (unpaired) electrons. The number of carbonyl (C=O) groups is 2. The maximum Gasteiger partial charge on any atom is 0.308 e. The SMILES string of the molecule is CC(c1ccncc1)N1CC(C(=O)O)CC1=O. The van der Waals surface area contributed by atoms with E-state index in [-0.39, 0.29) is 24.9 Å². The van der Waals surface area contributed by atoms with E-state index >= 15 is 0 Å². The highest BCUT2D eigenvalue weighted by molar-refractivity contribution is 5.86. The average Bonchev–Trinajstić information content (AvgIpc) is 2.72. The van der Waals surface area contributed by atoms with E-state index in [1.54, 1.807) is 17.3 Å². The Kier molecular flexibility index (Phi) is 3.08. The van der Waals surface area contributed by atoms with Crippen LogP contribution in [0.5, 0.6) is 0 Å². The first-order valence-electron chi connectivity index (χ1n) is 5.52. The van der Waals surface area contributed by atoms with Crippen LogP contribution in [-0.2, 0) is 9.59 Å². The van der Waals surface area contributed by atoms with Gasteiger partial charge in [-0.1, -0.05) is 0 Å². The molecule has 17 heavy (non-hydrogen) atoms. The average molecular weight is 234 g/mol. The van der Waals surface area contributed by atoms with E-state index in [0.717, 1.165) is 5.56 Å². The summed E-state index contributed by atoms with van der Waals surface area (Å²) < 4.78 is 0. The van der Waals surface area contributed by atoms with E-state index in [4.69, 9.17) is 5.11 Å². The Balaban J connectivity index is 2.14.